The fraction of sp³-hybridized carbons (Fsp3) is 0.809. The number of unbranched alkanes of at least 4 members (excludes halogenated alkanes) is 4. The average Bonchev–Trinajstić information content (AvgIpc) is 3.35. The van der Waals surface area contributed by atoms with Crippen LogP contribution in [0.4, 0.5) is 0 Å². The van der Waals surface area contributed by atoms with Gasteiger partial charge in [0.2, 0.25) is 0 Å². The van der Waals surface area contributed by atoms with Crippen molar-refractivity contribution in [2.24, 2.45) is 0 Å². The van der Waals surface area contributed by atoms with E-state index in [0.717, 1.165) is 19.3 Å². The maximum atomic E-state index is 13.2. The Morgan fingerprint density at radius 1 is 0.514 bits per heavy atom. The molecule has 4 rings (SSSR count). The molecule has 0 spiro atoms. The maximum Gasteiger partial charge on any atom is 0.306 e. The van der Waals surface area contributed by atoms with Crippen LogP contribution < -0.4 is 0 Å². The molecule has 20 atom stereocenters. The minimum atomic E-state index is -1.93. The second-order valence-electron chi connectivity index (χ2n) is 17.7. The van der Waals surface area contributed by atoms with Crippen molar-refractivity contribution in [1.82, 2.24) is 0 Å². The van der Waals surface area contributed by atoms with Gasteiger partial charge in [-0.3, -0.25) is 4.79 Å². The molecule has 13 N–H and O–H groups in total. The first-order valence-corrected chi connectivity index (χ1v) is 24.2. The normalized spacial score (nSPS) is 38.1. The lowest BCUT2D eigenvalue weighted by Crippen LogP contribution is -2.65. The Bertz CT molecular complexity index is 1570. The van der Waals surface area contributed by atoms with Crippen LogP contribution in [0.15, 0.2) is 48.6 Å². The van der Waals surface area contributed by atoms with E-state index in [1.165, 1.54) is 19.3 Å². The van der Waals surface area contributed by atoms with Crippen molar-refractivity contribution in [3.63, 3.8) is 0 Å². The molecule has 23 nitrogen and oxygen atoms in total. The van der Waals surface area contributed by atoms with Gasteiger partial charge in [-0.15, -0.1) is 0 Å². The van der Waals surface area contributed by atoms with Crippen molar-refractivity contribution in [2.75, 3.05) is 39.6 Å². The Balaban J connectivity index is 1.39. The number of rotatable bonds is 29. The van der Waals surface area contributed by atoms with Gasteiger partial charge in [0.25, 0.3) is 0 Å². The molecule has 0 aromatic rings. The summed E-state index contributed by atoms with van der Waals surface area (Å²) in [5, 5.41) is 136. The van der Waals surface area contributed by atoms with E-state index in [1.54, 1.807) is 0 Å². The third-order valence-corrected chi connectivity index (χ3v) is 12.2. The molecule has 0 aromatic heterocycles. The first-order chi connectivity index (χ1) is 33.7. The second kappa shape index (κ2) is 32.0. The van der Waals surface area contributed by atoms with E-state index in [2.05, 4.69) is 37.3 Å². The topological polar surface area (TPSA) is 363 Å². The van der Waals surface area contributed by atoms with Crippen molar-refractivity contribution in [3.05, 3.63) is 48.6 Å². The first-order valence-electron chi connectivity index (χ1n) is 24.2. The molecule has 0 aliphatic carbocycles. The lowest BCUT2D eigenvalue weighted by atomic mass is 9.97. The molecule has 23 heteroatoms. The summed E-state index contributed by atoms with van der Waals surface area (Å²) in [6.07, 6.45) is -8.46. The van der Waals surface area contributed by atoms with Crippen molar-refractivity contribution in [1.29, 1.82) is 0 Å². The van der Waals surface area contributed by atoms with Crippen LogP contribution in [0, 0.1) is 0 Å². The molecule has 1 unspecified atom stereocenters. The number of hydrogen-bond acceptors (Lipinski definition) is 23. The highest BCUT2D eigenvalue weighted by molar-refractivity contribution is 5.69. The fourth-order valence-corrected chi connectivity index (χ4v) is 8.03. The van der Waals surface area contributed by atoms with Gasteiger partial charge in [0.15, 0.2) is 25.2 Å². The molecule has 0 bridgehead atoms. The molecule has 4 aliphatic rings. The molecule has 4 fully saturated rings. The number of allylic oxidation sites excluding steroid dienone is 8. The van der Waals surface area contributed by atoms with Gasteiger partial charge in [-0.2, -0.15) is 0 Å². The number of aliphatic hydroxyl groups is 13. The monoisotopic (exact) mass is 1010 g/mol. The minimum absolute atomic E-state index is 0.0769. The van der Waals surface area contributed by atoms with E-state index >= 15 is 0 Å². The van der Waals surface area contributed by atoms with Gasteiger partial charge >= 0.3 is 5.97 Å². The highest BCUT2D eigenvalue weighted by Crippen LogP contribution is 2.32. The summed E-state index contributed by atoms with van der Waals surface area (Å²) in [5.41, 5.74) is 0. The van der Waals surface area contributed by atoms with Gasteiger partial charge in [-0.25, -0.2) is 0 Å². The summed E-state index contributed by atoms with van der Waals surface area (Å²) < 4.78 is 50.7. The van der Waals surface area contributed by atoms with Gasteiger partial charge < -0.3 is 109 Å². The van der Waals surface area contributed by atoms with Gasteiger partial charge in [-0.1, -0.05) is 68.4 Å². The van der Waals surface area contributed by atoms with Crippen LogP contribution in [0.2, 0.25) is 0 Å². The molecule has 404 valence electrons. The van der Waals surface area contributed by atoms with Gasteiger partial charge in [0.05, 0.1) is 51.8 Å². The molecule has 4 heterocycles. The van der Waals surface area contributed by atoms with E-state index in [-0.39, 0.29) is 12.8 Å². The molecule has 0 aromatic carbocycles. The third-order valence-electron chi connectivity index (χ3n) is 12.2. The average molecular weight is 1010 g/mol. The van der Waals surface area contributed by atoms with Crippen molar-refractivity contribution >= 4 is 5.97 Å². The number of aliphatic hydroxyl groups excluding tert-OH is 13. The zero-order valence-electron chi connectivity index (χ0n) is 39.6. The van der Waals surface area contributed by atoms with Crippen molar-refractivity contribution in [3.8, 4) is 0 Å². The highest BCUT2D eigenvalue weighted by Gasteiger charge is 2.52. The van der Waals surface area contributed by atoms with Crippen LogP contribution in [0.5, 0.6) is 0 Å². The molecule has 70 heavy (non-hydrogen) atoms. The number of esters is 1. The zero-order valence-corrected chi connectivity index (χ0v) is 39.6. The minimum Gasteiger partial charge on any atom is -0.457 e. The molecule has 4 saturated heterocycles. The summed E-state index contributed by atoms with van der Waals surface area (Å²) in [6.45, 7) is -2.08. The van der Waals surface area contributed by atoms with E-state index in [0.29, 0.717) is 19.3 Å². The summed E-state index contributed by atoms with van der Waals surface area (Å²) >= 11 is 0. The Labute approximate surface area is 407 Å². The molecule has 0 saturated carbocycles. The Morgan fingerprint density at radius 2 is 0.971 bits per heavy atom. The van der Waals surface area contributed by atoms with Crippen LogP contribution in [-0.2, 0) is 47.4 Å². The third kappa shape index (κ3) is 18.2. The lowest BCUT2D eigenvalue weighted by Gasteiger charge is -2.46. The van der Waals surface area contributed by atoms with Crippen LogP contribution in [-0.4, -0.2) is 235 Å². The fourth-order valence-electron chi connectivity index (χ4n) is 8.03. The summed E-state index contributed by atoms with van der Waals surface area (Å²) in [6, 6.07) is 0. The predicted molar refractivity (Wildman–Crippen MR) is 242 cm³/mol. The predicted octanol–water partition coefficient (Wildman–Crippen LogP) is -2.65. The van der Waals surface area contributed by atoms with Crippen molar-refractivity contribution < 1.29 is 114 Å². The summed E-state index contributed by atoms with van der Waals surface area (Å²) in [4.78, 5) is 13.2. The molecular formula is C47H78O23. The quantitative estimate of drug-likeness (QED) is 0.0207. The largest absolute Gasteiger partial charge is 0.457 e. The van der Waals surface area contributed by atoms with E-state index in [4.69, 9.17) is 42.6 Å². The second-order valence-corrected chi connectivity index (χ2v) is 17.7. The smallest absolute Gasteiger partial charge is 0.306 e. The Hall–Kier alpha value is -2.41. The first kappa shape index (κ1) is 60.1. The Kier molecular flexibility index (Phi) is 27.5. The van der Waals surface area contributed by atoms with Crippen LogP contribution >= 0.6 is 0 Å². The molecular weight excluding hydrogens is 932 g/mol. The highest BCUT2D eigenvalue weighted by atomic mass is 16.8. The molecule has 0 amide bonds. The van der Waals surface area contributed by atoms with Crippen molar-refractivity contribution in [2.45, 2.75) is 200 Å². The van der Waals surface area contributed by atoms with Crippen LogP contribution in [0.1, 0.15) is 77.6 Å². The lowest BCUT2D eigenvalue weighted by molar-refractivity contribution is -0.362. The number of ether oxygens (including phenoxy) is 9. The van der Waals surface area contributed by atoms with E-state index < -0.39 is 168 Å². The maximum absolute atomic E-state index is 13.2. The number of carbonyl (C=O) groups excluding carboxylic acids is 1. The van der Waals surface area contributed by atoms with Gasteiger partial charge in [0.1, 0.15) is 85.5 Å². The van der Waals surface area contributed by atoms with Gasteiger partial charge in [-0.05, 0) is 44.9 Å². The van der Waals surface area contributed by atoms with E-state index in [1.807, 2.05) is 18.2 Å². The number of carbonyl (C=O) groups is 1. The molecule has 0 radical (unpaired) electrons. The number of hydrogen-bond donors (Lipinski definition) is 13. The standard InChI is InChI=1S/C47H78O23/c1-2-3-4-5-6-7-8-9-10-11-12-13-14-15-16-17-18-19-33(53)64-28(25-62-44-40(60)42(36(56)31(23-50)66-44)69-46-34(54)29(52)20-27(21-48)65-46)26-63-45-41(61)43(37(57)32(24-51)67-45)70-47-39(59)38(58)35(55)30(22-49)68-47/h6-7,9-10,12-13,15-16,27-32,34-52,54-61H,2-5,8,11,14,17-26H2,1H3/b7-6-,10-9-,13-12-,16-15-/t27-,28?,29-,30+,31+,32+,34+,35+,36+,37+,38-,39+,40+,41+,42-,43-,44+,45+,46-,47-/m0/s1. The Morgan fingerprint density at radius 3 is 1.46 bits per heavy atom. The molecule has 4 aliphatic heterocycles. The van der Waals surface area contributed by atoms with E-state index in [9.17, 15) is 71.2 Å². The zero-order chi connectivity index (χ0) is 51.2. The SMILES string of the molecule is CCCCC/C=C\C/C=C\C/C=C\C/C=C\CCCC(=O)OC(CO[C@@H]1O[C@H](CO)[C@@H](O)[C@H](O[C@@H]2O[C@H](CO)[C@@H](O)[C@H](O)[C@H]2O)[C@H]1O)CO[C@@H]1O[C@H](CO)[C@@H](O)[C@H](O[C@@H]2O[C@H](CO)C[C@H](O)[C@H]2O)[C@H]1O. The summed E-state index contributed by atoms with van der Waals surface area (Å²) in [5.74, 6) is -0.721. The van der Waals surface area contributed by atoms with Crippen LogP contribution in [0.25, 0.3) is 0 Å². The van der Waals surface area contributed by atoms with Gasteiger partial charge in [0, 0.05) is 12.8 Å². The summed E-state index contributed by atoms with van der Waals surface area (Å²) in [7, 11) is 0. The van der Waals surface area contributed by atoms with Crippen LogP contribution in [0.3, 0.4) is 0 Å².